The van der Waals surface area contributed by atoms with Crippen molar-refractivity contribution >= 4 is 17.0 Å². The largest absolute Gasteiger partial charge is 0.379 e. The average Bonchev–Trinajstić information content (AvgIpc) is 2.71. The van der Waals surface area contributed by atoms with Gasteiger partial charge in [0, 0.05) is 18.2 Å². The van der Waals surface area contributed by atoms with Gasteiger partial charge in [0.25, 0.3) is 0 Å². The highest BCUT2D eigenvalue weighted by atomic mass is 32.1. The van der Waals surface area contributed by atoms with Crippen molar-refractivity contribution in [3.63, 3.8) is 0 Å². The first kappa shape index (κ1) is 9.99. The van der Waals surface area contributed by atoms with Crippen LogP contribution in [0.4, 0.5) is 5.69 Å². The van der Waals surface area contributed by atoms with E-state index in [1.165, 1.54) is 31.4 Å². The molecule has 1 saturated carbocycles. The first-order chi connectivity index (χ1) is 6.90. The zero-order valence-electron chi connectivity index (χ0n) is 8.53. The zero-order chi connectivity index (χ0) is 9.80. The molecule has 0 amide bonds. The molecule has 1 aromatic rings. The summed E-state index contributed by atoms with van der Waals surface area (Å²) in [5.41, 5.74) is 1.24. The molecule has 1 aromatic heterocycles. The Kier molecular flexibility index (Phi) is 3.43. The summed E-state index contributed by atoms with van der Waals surface area (Å²) in [6, 6.07) is 2.63. The van der Waals surface area contributed by atoms with E-state index in [0.29, 0.717) is 12.1 Å². The van der Waals surface area contributed by atoms with E-state index < -0.39 is 0 Å². The highest BCUT2D eigenvalue weighted by molar-refractivity contribution is 7.08. The Balaban J connectivity index is 1.94. The summed E-state index contributed by atoms with van der Waals surface area (Å²) in [5.74, 6) is 0. The van der Waals surface area contributed by atoms with Crippen LogP contribution >= 0.6 is 11.3 Å². The Morgan fingerprint density at radius 3 is 3.00 bits per heavy atom. The van der Waals surface area contributed by atoms with Crippen molar-refractivity contribution in [2.75, 3.05) is 12.4 Å². The average molecular weight is 211 g/mol. The predicted molar refractivity (Wildman–Crippen MR) is 61.0 cm³/mol. The van der Waals surface area contributed by atoms with Crippen molar-refractivity contribution in [2.24, 2.45) is 0 Å². The minimum Gasteiger partial charge on any atom is -0.379 e. The smallest absolute Gasteiger partial charge is 0.0772 e. The maximum absolute atomic E-state index is 5.49. The second-order valence-corrected chi connectivity index (χ2v) is 4.60. The summed E-state index contributed by atoms with van der Waals surface area (Å²) in [5, 5.41) is 7.81. The van der Waals surface area contributed by atoms with Gasteiger partial charge in [-0.1, -0.05) is 12.8 Å². The van der Waals surface area contributed by atoms with Gasteiger partial charge in [-0.15, -0.1) is 0 Å². The number of ether oxygens (including phenoxy) is 1. The molecule has 78 valence electrons. The van der Waals surface area contributed by atoms with Gasteiger partial charge >= 0.3 is 0 Å². The lowest BCUT2D eigenvalue weighted by Gasteiger charge is -2.31. The quantitative estimate of drug-likeness (QED) is 0.829. The number of methoxy groups -OCH3 is 1. The van der Waals surface area contributed by atoms with Crippen LogP contribution in [0.25, 0.3) is 0 Å². The van der Waals surface area contributed by atoms with Gasteiger partial charge in [0.2, 0.25) is 0 Å². The molecule has 0 bridgehead atoms. The fourth-order valence-electron chi connectivity index (χ4n) is 2.10. The number of rotatable bonds is 3. The van der Waals surface area contributed by atoms with Crippen LogP contribution in [0.1, 0.15) is 25.7 Å². The zero-order valence-corrected chi connectivity index (χ0v) is 9.35. The second kappa shape index (κ2) is 4.80. The molecule has 0 aromatic carbocycles. The molecule has 1 aliphatic rings. The van der Waals surface area contributed by atoms with E-state index in [-0.39, 0.29) is 0 Å². The van der Waals surface area contributed by atoms with Gasteiger partial charge in [-0.2, -0.15) is 11.3 Å². The van der Waals surface area contributed by atoms with E-state index in [0.717, 1.165) is 0 Å². The lowest BCUT2D eigenvalue weighted by molar-refractivity contribution is 0.0606. The topological polar surface area (TPSA) is 21.3 Å². The lowest BCUT2D eigenvalue weighted by Crippen LogP contribution is -2.37. The van der Waals surface area contributed by atoms with Crippen LogP contribution in [-0.2, 0) is 4.74 Å². The van der Waals surface area contributed by atoms with Crippen molar-refractivity contribution in [3.8, 4) is 0 Å². The van der Waals surface area contributed by atoms with Crippen molar-refractivity contribution in [1.82, 2.24) is 0 Å². The predicted octanol–water partition coefficient (Wildman–Crippen LogP) is 3.12. The van der Waals surface area contributed by atoms with Gasteiger partial charge in [0.05, 0.1) is 12.1 Å². The molecule has 2 unspecified atom stereocenters. The molecule has 1 fully saturated rings. The Hall–Kier alpha value is -0.540. The van der Waals surface area contributed by atoms with E-state index >= 15 is 0 Å². The molecule has 3 heteroatoms. The SMILES string of the molecule is COC1CCCCC1Nc1ccsc1. The molecule has 0 spiro atoms. The normalized spacial score (nSPS) is 27.5. The van der Waals surface area contributed by atoms with Crippen molar-refractivity contribution in [1.29, 1.82) is 0 Å². The van der Waals surface area contributed by atoms with Gasteiger partial charge in [-0.3, -0.25) is 0 Å². The Morgan fingerprint density at radius 1 is 1.43 bits per heavy atom. The van der Waals surface area contributed by atoms with Crippen LogP contribution in [0.3, 0.4) is 0 Å². The van der Waals surface area contributed by atoms with E-state index in [4.69, 9.17) is 4.74 Å². The molecular formula is C11H17NOS. The Labute approximate surface area is 89.3 Å². The second-order valence-electron chi connectivity index (χ2n) is 3.82. The molecule has 14 heavy (non-hydrogen) atoms. The summed E-state index contributed by atoms with van der Waals surface area (Å²) in [6.07, 6.45) is 5.44. The lowest BCUT2D eigenvalue weighted by atomic mass is 9.92. The molecule has 0 saturated heterocycles. The minimum absolute atomic E-state index is 0.392. The van der Waals surface area contributed by atoms with Crippen LogP contribution in [0, 0.1) is 0 Å². The van der Waals surface area contributed by atoms with Gasteiger partial charge in [-0.25, -0.2) is 0 Å². The number of nitrogens with one attached hydrogen (secondary N) is 1. The summed E-state index contributed by atoms with van der Waals surface area (Å²) in [4.78, 5) is 0. The van der Waals surface area contributed by atoms with Gasteiger partial charge in [0.1, 0.15) is 0 Å². The fraction of sp³-hybridized carbons (Fsp3) is 0.636. The third-order valence-electron chi connectivity index (χ3n) is 2.88. The third-order valence-corrected chi connectivity index (χ3v) is 3.56. The minimum atomic E-state index is 0.392. The standard InChI is InChI=1S/C11H17NOS/c1-13-11-5-3-2-4-10(11)12-9-6-7-14-8-9/h6-8,10-12H,2-5H2,1H3. The maximum atomic E-state index is 5.49. The third kappa shape index (κ3) is 2.28. The van der Waals surface area contributed by atoms with E-state index in [9.17, 15) is 0 Å². The highest BCUT2D eigenvalue weighted by Gasteiger charge is 2.24. The highest BCUT2D eigenvalue weighted by Crippen LogP contribution is 2.24. The monoisotopic (exact) mass is 211 g/mol. The van der Waals surface area contributed by atoms with Crippen molar-refractivity contribution < 1.29 is 4.74 Å². The molecule has 1 N–H and O–H groups in total. The molecular weight excluding hydrogens is 194 g/mol. The van der Waals surface area contributed by atoms with E-state index in [1.807, 2.05) is 7.11 Å². The van der Waals surface area contributed by atoms with Crippen LogP contribution in [0.5, 0.6) is 0 Å². The number of hydrogen-bond acceptors (Lipinski definition) is 3. The summed E-state index contributed by atoms with van der Waals surface area (Å²) >= 11 is 1.73. The van der Waals surface area contributed by atoms with Crippen molar-refractivity contribution in [3.05, 3.63) is 16.8 Å². The summed E-state index contributed by atoms with van der Waals surface area (Å²) < 4.78 is 5.49. The number of anilines is 1. The number of thiophene rings is 1. The maximum Gasteiger partial charge on any atom is 0.0772 e. The first-order valence-electron chi connectivity index (χ1n) is 5.21. The molecule has 0 radical (unpaired) electrons. The van der Waals surface area contributed by atoms with Gasteiger partial charge in [-0.05, 0) is 24.3 Å². The molecule has 1 heterocycles. The summed E-state index contributed by atoms with van der Waals surface area (Å²) in [7, 11) is 1.82. The molecule has 2 atom stereocenters. The van der Waals surface area contributed by atoms with Crippen LogP contribution in [-0.4, -0.2) is 19.3 Å². The van der Waals surface area contributed by atoms with Crippen LogP contribution in [0.15, 0.2) is 16.8 Å². The van der Waals surface area contributed by atoms with E-state index in [1.54, 1.807) is 11.3 Å². The first-order valence-corrected chi connectivity index (χ1v) is 6.16. The van der Waals surface area contributed by atoms with Crippen LogP contribution < -0.4 is 5.32 Å². The molecule has 2 nitrogen and oxygen atoms in total. The molecule has 1 aliphatic carbocycles. The Morgan fingerprint density at radius 2 is 2.29 bits per heavy atom. The molecule has 2 rings (SSSR count). The van der Waals surface area contributed by atoms with Crippen LogP contribution in [0.2, 0.25) is 0 Å². The van der Waals surface area contributed by atoms with Crippen molar-refractivity contribution in [2.45, 2.75) is 37.8 Å². The fourth-order valence-corrected chi connectivity index (χ4v) is 2.70. The van der Waals surface area contributed by atoms with Gasteiger partial charge < -0.3 is 10.1 Å². The molecule has 0 aliphatic heterocycles. The summed E-state index contributed by atoms with van der Waals surface area (Å²) in [6.45, 7) is 0. The Bertz CT molecular complexity index is 260. The van der Waals surface area contributed by atoms with Gasteiger partial charge in [0.15, 0.2) is 0 Å². The van der Waals surface area contributed by atoms with E-state index in [2.05, 4.69) is 22.1 Å². The number of hydrogen-bond donors (Lipinski definition) is 1.